The quantitative estimate of drug-likeness (QED) is 0.775. The maximum atomic E-state index is 5.90. The molecule has 2 aromatic rings. The predicted octanol–water partition coefficient (Wildman–Crippen LogP) is 3.98. The summed E-state index contributed by atoms with van der Waals surface area (Å²) in [4.78, 5) is 0. The molecule has 0 aliphatic carbocycles. The van der Waals surface area contributed by atoms with E-state index in [0.29, 0.717) is 6.61 Å². The van der Waals surface area contributed by atoms with E-state index in [2.05, 4.69) is 38.2 Å². The molecule has 3 nitrogen and oxygen atoms in total. The molecule has 0 aliphatic rings. The highest BCUT2D eigenvalue weighted by atomic mass is 16.5. The molecule has 0 saturated heterocycles. The van der Waals surface area contributed by atoms with Crippen LogP contribution in [0.25, 0.3) is 0 Å². The number of rotatable bonds is 7. The van der Waals surface area contributed by atoms with Gasteiger partial charge in [-0.3, -0.25) is 0 Å². The van der Waals surface area contributed by atoms with Crippen LogP contribution in [0.1, 0.15) is 35.8 Å². The Morgan fingerprint density at radius 3 is 2.80 bits per heavy atom. The number of benzene rings is 1. The Balaban J connectivity index is 1.95. The van der Waals surface area contributed by atoms with E-state index in [4.69, 9.17) is 9.15 Å². The summed E-state index contributed by atoms with van der Waals surface area (Å²) in [5, 5.41) is 3.35. The van der Waals surface area contributed by atoms with Crippen LogP contribution in [0, 0.1) is 13.8 Å². The molecular formula is C17H23NO2. The third-order valence-corrected chi connectivity index (χ3v) is 3.26. The first-order chi connectivity index (χ1) is 9.70. The van der Waals surface area contributed by atoms with E-state index in [1.165, 1.54) is 11.1 Å². The van der Waals surface area contributed by atoms with Gasteiger partial charge in [0.1, 0.15) is 18.1 Å². The summed E-state index contributed by atoms with van der Waals surface area (Å²) in [5.74, 6) is 1.90. The monoisotopic (exact) mass is 273 g/mol. The topological polar surface area (TPSA) is 34.4 Å². The lowest BCUT2D eigenvalue weighted by atomic mass is 10.1. The highest BCUT2D eigenvalue weighted by Gasteiger charge is 2.07. The number of furan rings is 1. The summed E-state index contributed by atoms with van der Waals surface area (Å²) < 4.78 is 11.4. The van der Waals surface area contributed by atoms with Crippen LogP contribution >= 0.6 is 0 Å². The smallest absolute Gasteiger partial charge is 0.124 e. The second-order valence-corrected chi connectivity index (χ2v) is 5.10. The zero-order valence-electron chi connectivity index (χ0n) is 12.5. The van der Waals surface area contributed by atoms with Crippen LogP contribution in [0.3, 0.4) is 0 Å². The Bertz CT molecular complexity index is 546. The van der Waals surface area contributed by atoms with Gasteiger partial charge in [-0.2, -0.15) is 0 Å². The van der Waals surface area contributed by atoms with Crippen molar-refractivity contribution >= 4 is 0 Å². The van der Waals surface area contributed by atoms with E-state index in [9.17, 15) is 0 Å². The molecular weight excluding hydrogens is 250 g/mol. The first kappa shape index (κ1) is 14.7. The molecule has 0 radical (unpaired) electrons. The standard InChI is InChI=1S/C17H23NO2/c1-4-8-18-11-17-15(7-9-19-17)12-20-16-6-5-13(2)10-14(16)3/h5-7,9-10,18H,4,8,11-12H2,1-3H3. The molecule has 108 valence electrons. The van der Waals surface area contributed by atoms with E-state index in [1.807, 2.05) is 12.1 Å². The molecule has 0 atom stereocenters. The van der Waals surface area contributed by atoms with Crippen molar-refractivity contribution in [1.82, 2.24) is 5.32 Å². The van der Waals surface area contributed by atoms with E-state index in [-0.39, 0.29) is 0 Å². The van der Waals surface area contributed by atoms with Crippen molar-refractivity contribution in [1.29, 1.82) is 0 Å². The van der Waals surface area contributed by atoms with Crippen LogP contribution in [0.5, 0.6) is 5.75 Å². The van der Waals surface area contributed by atoms with Crippen molar-refractivity contribution in [2.24, 2.45) is 0 Å². The Kier molecular flexibility index (Phi) is 5.24. The summed E-state index contributed by atoms with van der Waals surface area (Å²) in [6.45, 7) is 8.61. The first-order valence-electron chi connectivity index (χ1n) is 7.16. The highest BCUT2D eigenvalue weighted by molar-refractivity contribution is 5.35. The molecule has 1 aromatic heterocycles. The van der Waals surface area contributed by atoms with E-state index < -0.39 is 0 Å². The fourth-order valence-electron chi connectivity index (χ4n) is 2.15. The molecule has 0 saturated carbocycles. The van der Waals surface area contributed by atoms with Gasteiger partial charge in [0, 0.05) is 5.56 Å². The average Bonchev–Trinajstić information content (AvgIpc) is 2.86. The lowest BCUT2D eigenvalue weighted by Gasteiger charge is -2.10. The fraction of sp³-hybridized carbons (Fsp3) is 0.412. The molecule has 1 N–H and O–H groups in total. The van der Waals surface area contributed by atoms with Gasteiger partial charge in [0.25, 0.3) is 0 Å². The number of nitrogens with one attached hydrogen (secondary N) is 1. The van der Waals surface area contributed by atoms with E-state index in [1.54, 1.807) is 6.26 Å². The van der Waals surface area contributed by atoms with Crippen molar-refractivity contribution in [3.63, 3.8) is 0 Å². The molecule has 20 heavy (non-hydrogen) atoms. The Morgan fingerprint density at radius 2 is 2.05 bits per heavy atom. The van der Waals surface area contributed by atoms with Gasteiger partial charge in [0.15, 0.2) is 0 Å². The summed E-state index contributed by atoms with van der Waals surface area (Å²) >= 11 is 0. The Labute approximate surface area is 121 Å². The van der Waals surface area contributed by atoms with E-state index in [0.717, 1.165) is 36.6 Å². The highest BCUT2D eigenvalue weighted by Crippen LogP contribution is 2.21. The van der Waals surface area contributed by atoms with Crippen LogP contribution in [0.4, 0.5) is 0 Å². The molecule has 3 heteroatoms. The second-order valence-electron chi connectivity index (χ2n) is 5.10. The van der Waals surface area contributed by atoms with Crippen molar-refractivity contribution < 1.29 is 9.15 Å². The minimum Gasteiger partial charge on any atom is -0.489 e. The largest absolute Gasteiger partial charge is 0.489 e. The van der Waals surface area contributed by atoms with Gasteiger partial charge in [-0.1, -0.05) is 24.6 Å². The van der Waals surface area contributed by atoms with Gasteiger partial charge < -0.3 is 14.5 Å². The van der Waals surface area contributed by atoms with Gasteiger partial charge in [-0.15, -0.1) is 0 Å². The predicted molar refractivity (Wildman–Crippen MR) is 81.0 cm³/mol. The Hall–Kier alpha value is -1.74. The maximum absolute atomic E-state index is 5.90. The summed E-state index contributed by atoms with van der Waals surface area (Å²) in [7, 11) is 0. The van der Waals surface area contributed by atoms with E-state index >= 15 is 0 Å². The van der Waals surface area contributed by atoms with Crippen LogP contribution in [0.15, 0.2) is 34.9 Å². The van der Waals surface area contributed by atoms with Gasteiger partial charge in [-0.25, -0.2) is 0 Å². The minimum atomic E-state index is 0.545. The molecule has 1 aromatic carbocycles. The number of hydrogen-bond donors (Lipinski definition) is 1. The van der Waals surface area contributed by atoms with Crippen molar-refractivity contribution in [3.05, 3.63) is 53.0 Å². The minimum absolute atomic E-state index is 0.545. The number of aryl methyl sites for hydroxylation is 2. The lowest BCUT2D eigenvalue weighted by Crippen LogP contribution is -2.14. The van der Waals surface area contributed by atoms with Gasteiger partial charge in [0.2, 0.25) is 0 Å². The van der Waals surface area contributed by atoms with Crippen molar-refractivity contribution in [3.8, 4) is 5.75 Å². The SMILES string of the molecule is CCCNCc1occc1COc1ccc(C)cc1C. The summed E-state index contributed by atoms with van der Waals surface area (Å²) in [5.41, 5.74) is 3.52. The fourth-order valence-corrected chi connectivity index (χ4v) is 2.15. The molecule has 0 aliphatic heterocycles. The molecule has 0 bridgehead atoms. The second kappa shape index (κ2) is 7.15. The third-order valence-electron chi connectivity index (χ3n) is 3.26. The average molecular weight is 273 g/mol. The van der Waals surface area contributed by atoms with Gasteiger partial charge in [0.05, 0.1) is 12.8 Å². The molecule has 2 rings (SSSR count). The van der Waals surface area contributed by atoms with Crippen molar-refractivity contribution in [2.75, 3.05) is 6.54 Å². The first-order valence-corrected chi connectivity index (χ1v) is 7.16. The zero-order valence-corrected chi connectivity index (χ0v) is 12.5. The van der Waals surface area contributed by atoms with Crippen LogP contribution in [0.2, 0.25) is 0 Å². The normalized spacial score (nSPS) is 10.8. The molecule has 0 fully saturated rings. The van der Waals surface area contributed by atoms with Crippen molar-refractivity contribution in [2.45, 2.75) is 40.3 Å². The Morgan fingerprint density at radius 1 is 1.20 bits per heavy atom. The van der Waals surface area contributed by atoms with Gasteiger partial charge >= 0.3 is 0 Å². The van der Waals surface area contributed by atoms with Crippen LogP contribution in [-0.4, -0.2) is 6.54 Å². The summed E-state index contributed by atoms with van der Waals surface area (Å²) in [6, 6.07) is 8.21. The number of ether oxygens (including phenoxy) is 1. The molecule has 0 unspecified atom stereocenters. The molecule has 0 spiro atoms. The summed E-state index contributed by atoms with van der Waals surface area (Å²) in [6.07, 6.45) is 2.85. The molecule has 0 amide bonds. The maximum Gasteiger partial charge on any atom is 0.124 e. The van der Waals surface area contributed by atoms with Crippen LogP contribution < -0.4 is 10.1 Å². The third kappa shape index (κ3) is 3.87. The lowest BCUT2D eigenvalue weighted by molar-refractivity contribution is 0.299. The number of hydrogen-bond acceptors (Lipinski definition) is 3. The van der Waals surface area contributed by atoms with Crippen LogP contribution in [-0.2, 0) is 13.2 Å². The molecule has 1 heterocycles. The zero-order chi connectivity index (χ0) is 14.4. The van der Waals surface area contributed by atoms with Gasteiger partial charge in [-0.05, 0) is 44.5 Å².